The van der Waals surface area contributed by atoms with Crippen molar-refractivity contribution in [3.05, 3.63) is 81.7 Å². The van der Waals surface area contributed by atoms with Gasteiger partial charge in [-0.3, -0.25) is 9.69 Å². The van der Waals surface area contributed by atoms with Crippen LogP contribution in [0.15, 0.2) is 46.5 Å². The number of benzene rings is 1. The van der Waals surface area contributed by atoms with Crippen LogP contribution in [0.3, 0.4) is 0 Å². The van der Waals surface area contributed by atoms with Gasteiger partial charge in [0.25, 0.3) is 5.91 Å². The van der Waals surface area contributed by atoms with E-state index in [-0.39, 0.29) is 18.0 Å². The largest absolute Gasteiger partial charge is 0.463 e. The van der Waals surface area contributed by atoms with Crippen LogP contribution in [0, 0.1) is 27.7 Å². The monoisotopic (exact) mass is 447 g/mol. The summed E-state index contributed by atoms with van der Waals surface area (Å²) in [4.78, 5) is 38.0. The predicted octanol–water partition coefficient (Wildman–Crippen LogP) is 4.18. The Bertz CT molecular complexity index is 1290. The minimum Gasteiger partial charge on any atom is -0.463 e. The van der Waals surface area contributed by atoms with E-state index in [0.29, 0.717) is 5.76 Å². The normalized spacial score (nSPS) is 14.8. The Hall–Kier alpha value is -4.07. The van der Waals surface area contributed by atoms with Crippen molar-refractivity contribution < 1.29 is 23.5 Å². The highest BCUT2D eigenvalue weighted by atomic mass is 16.5. The van der Waals surface area contributed by atoms with E-state index < -0.39 is 17.9 Å². The number of carbonyl (C=O) groups is 3. The van der Waals surface area contributed by atoms with Gasteiger partial charge < -0.3 is 19.0 Å². The molecule has 0 bridgehead atoms. The molecule has 3 heterocycles. The predicted molar refractivity (Wildman–Crippen MR) is 122 cm³/mol. The van der Waals surface area contributed by atoms with E-state index in [1.807, 2.05) is 26.0 Å². The number of methoxy groups -OCH3 is 1. The molecule has 3 aromatic rings. The SMILES string of the molecule is COC(=O)c1ccc(CN2C(=O)N/C(=C\c3cc(C)n(-c4c(C)cccc4C)c3C)C2=O)o1. The molecule has 0 saturated carbocycles. The zero-order valence-electron chi connectivity index (χ0n) is 19.2. The second kappa shape index (κ2) is 8.46. The summed E-state index contributed by atoms with van der Waals surface area (Å²) in [5.41, 5.74) is 6.42. The highest BCUT2D eigenvalue weighted by Gasteiger charge is 2.34. The highest BCUT2D eigenvalue weighted by molar-refractivity contribution is 6.13. The second-order valence-corrected chi connectivity index (χ2v) is 8.04. The van der Waals surface area contributed by atoms with E-state index in [0.717, 1.165) is 38.7 Å². The number of amides is 3. The summed E-state index contributed by atoms with van der Waals surface area (Å²) < 4.78 is 12.2. The number of hydrogen-bond acceptors (Lipinski definition) is 5. The molecule has 2 aromatic heterocycles. The number of para-hydroxylation sites is 1. The maximum atomic E-state index is 12.9. The molecule has 170 valence electrons. The average molecular weight is 447 g/mol. The summed E-state index contributed by atoms with van der Waals surface area (Å²) in [6.45, 7) is 8.04. The standard InChI is InChI=1S/C25H25N3O5/c1-14-7-6-8-15(2)22(14)28-16(3)11-18(17(28)4)12-20-23(29)27(25(31)26-20)13-19-9-10-21(33-19)24(30)32-5/h6-12H,13H2,1-5H3,(H,26,31)/b20-12-. The number of imide groups is 1. The minimum atomic E-state index is -0.627. The molecule has 3 amide bonds. The number of aromatic nitrogens is 1. The summed E-state index contributed by atoms with van der Waals surface area (Å²) in [6.07, 6.45) is 1.69. The second-order valence-electron chi connectivity index (χ2n) is 8.04. The first-order chi connectivity index (χ1) is 15.7. The Balaban J connectivity index is 1.62. The molecule has 1 aliphatic rings. The summed E-state index contributed by atoms with van der Waals surface area (Å²) >= 11 is 0. The van der Waals surface area contributed by atoms with E-state index in [4.69, 9.17) is 4.42 Å². The highest BCUT2D eigenvalue weighted by Crippen LogP contribution is 2.28. The first kappa shape index (κ1) is 22.1. The van der Waals surface area contributed by atoms with Crippen molar-refractivity contribution in [1.29, 1.82) is 0 Å². The van der Waals surface area contributed by atoms with Crippen LogP contribution in [0.2, 0.25) is 0 Å². The van der Waals surface area contributed by atoms with Crippen LogP contribution in [0.4, 0.5) is 4.79 Å². The maximum absolute atomic E-state index is 12.9. The number of nitrogens with zero attached hydrogens (tertiary/aromatic N) is 2. The number of hydrogen-bond donors (Lipinski definition) is 1. The van der Waals surface area contributed by atoms with E-state index in [2.05, 4.69) is 40.6 Å². The summed E-state index contributed by atoms with van der Waals surface area (Å²) in [6, 6.07) is 10.6. The van der Waals surface area contributed by atoms with E-state index in [9.17, 15) is 14.4 Å². The van der Waals surface area contributed by atoms with Gasteiger partial charge in [0.15, 0.2) is 0 Å². The zero-order valence-corrected chi connectivity index (χ0v) is 19.2. The van der Waals surface area contributed by atoms with Crippen molar-refractivity contribution in [3.63, 3.8) is 0 Å². The van der Waals surface area contributed by atoms with E-state index in [1.54, 1.807) is 6.08 Å². The molecule has 8 nitrogen and oxygen atoms in total. The van der Waals surface area contributed by atoms with Gasteiger partial charge >= 0.3 is 12.0 Å². The van der Waals surface area contributed by atoms with Gasteiger partial charge in [-0.05, 0) is 68.7 Å². The van der Waals surface area contributed by atoms with Crippen molar-refractivity contribution in [1.82, 2.24) is 14.8 Å². The van der Waals surface area contributed by atoms with Crippen LogP contribution in [0.25, 0.3) is 11.8 Å². The third kappa shape index (κ3) is 3.95. The fraction of sp³-hybridized carbons (Fsp3) is 0.240. The van der Waals surface area contributed by atoms with Gasteiger partial charge in [0.1, 0.15) is 11.5 Å². The third-order valence-corrected chi connectivity index (χ3v) is 5.76. The number of esters is 1. The molecule has 0 atom stereocenters. The molecule has 1 N–H and O–H groups in total. The van der Waals surface area contributed by atoms with Crippen molar-refractivity contribution in [3.8, 4) is 5.69 Å². The Kier molecular flexibility index (Phi) is 5.68. The molecule has 0 spiro atoms. The molecule has 1 aliphatic heterocycles. The Morgan fingerprint density at radius 2 is 1.79 bits per heavy atom. The number of furan rings is 1. The van der Waals surface area contributed by atoms with Crippen LogP contribution in [-0.2, 0) is 16.1 Å². The van der Waals surface area contributed by atoms with Gasteiger partial charge in [-0.25, -0.2) is 9.59 Å². The first-order valence-corrected chi connectivity index (χ1v) is 10.5. The smallest absolute Gasteiger partial charge is 0.373 e. The number of nitrogens with one attached hydrogen (secondary N) is 1. The molecule has 1 saturated heterocycles. The molecular formula is C25H25N3O5. The van der Waals surface area contributed by atoms with Crippen molar-refractivity contribution >= 4 is 24.0 Å². The minimum absolute atomic E-state index is 0.00857. The van der Waals surface area contributed by atoms with Crippen molar-refractivity contribution in [2.45, 2.75) is 34.2 Å². The van der Waals surface area contributed by atoms with Crippen molar-refractivity contribution in [2.75, 3.05) is 7.11 Å². The van der Waals surface area contributed by atoms with E-state index in [1.165, 1.54) is 19.2 Å². The quantitative estimate of drug-likeness (QED) is 0.360. The molecule has 0 aliphatic carbocycles. The molecule has 0 unspecified atom stereocenters. The summed E-state index contributed by atoms with van der Waals surface area (Å²) in [5, 5.41) is 2.64. The Morgan fingerprint density at radius 3 is 2.45 bits per heavy atom. The number of rotatable bonds is 5. The molecule has 8 heteroatoms. The van der Waals surface area contributed by atoms with Crippen LogP contribution >= 0.6 is 0 Å². The molecule has 1 fully saturated rings. The number of aryl methyl sites for hydroxylation is 3. The van der Waals surface area contributed by atoms with Gasteiger partial charge in [-0.15, -0.1) is 0 Å². The van der Waals surface area contributed by atoms with E-state index >= 15 is 0 Å². The van der Waals surface area contributed by atoms with Gasteiger partial charge in [-0.1, -0.05) is 18.2 Å². The molecular weight excluding hydrogens is 422 g/mol. The topological polar surface area (TPSA) is 93.8 Å². The molecule has 1 aromatic carbocycles. The number of ether oxygens (including phenoxy) is 1. The van der Waals surface area contributed by atoms with Crippen LogP contribution < -0.4 is 5.32 Å². The molecule has 0 radical (unpaired) electrons. The molecule has 33 heavy (non-hydrogen) atoms. The third-order valence-electron chi connectivity index (χ3n) is 5.76. The van der Waals surface area contributed by atoms with Crippen LogP contribution in [0.1, 0.15) is 44.4 Å². The Labute approximate surface area is 191 Å². The average Bonchev–Trinajstić information content (AvgIpc) is 3.42. The fourth-order valence-electron chi connectivity index (χ4n) is 4.14. The lowest BCUT2D eigenvalue weighted by atomic mass is 10.1. The fourth-order valence-corrected chi connectivity index (χ4v) is 4.14. The number of urea groups is 1. The first-order valence-electron chi connectivity index (χ1n) is 10.5. The maximum Gasteiger partial charge on any atom is 0.373 e. The van der Waals surface area contributed by atoms with Gasteiger partial charge in [0.2, 0.25) is 5.76 Å². The Morgan fingerprint density at radius 1 is 1.09 bits per heavy atom. The molecule has 4 rings (SSSR count). The van der Waals surface area contributed by atoms with Gasteiger partial charge in [0, 0.05) is 11.4 Å². The summed E-state index contributed by atoms with van der Waals surface area (Å²) in [5.74, 6) is -0.784. The van der Waals surface area contributed by atoms with Crippen LogP contribution in [0.5, 0.6) is 0 Å². The number of carbonyl (C=O) groups excluding carboxylic acids is 3. The summed E-state index contributed by atoms with van der Waals surface area (Å²) in [7, 11) is 1.25. The lowest BCUT2D eigenvalue weighted by molar-refractivity contribution is -0.123. The lowest BCUT2D eigenvalue weighted by Gasteiger charge is -2.15. The van der Waals surface area contributed by atoms with Gasteiger partial charge in [-0.2, -0.15) is 0 Å². The van der Waals surface area contributed by atoms with Crippen molar-refractivity contribution in [2.24, 2.45) is 0 Å². The van der Waals surface area contributed by atoms with Crippen LogP contribution in [-0.4, -0.2) is 34.5 Å². The van der Waals surface area contributed by atoms with Gasteiger partial charge in [0.05, 0.1) is 19.3 Å². The zero-order chi connectivity index (χ0) is 23.9. The lowest BCUT2D eigenvalue weighted by Crippen LogP contribution is -2.30.